The number of nitrogens with one attached hydrogen (secondary N) is 1. The molecule has 2 aromatic rings. The van der Waals surface area contributed by atoms with Crippen molar-refractivity contribution in [1.29, 1.82) is 0 Å². The molecule has 0 saturated carbocycles. The van der Waals surface area contributed by atoms with Crippen molar-refractivity contribution in [3.05, 3.63) is 41.2 Å². The van der Waals surface area contributed by atoms with E-state index >= 15 is 0 Å². The van der Waals surface area contributed by atoms with Crippen LogP contribution >= 0.6 is 0 Å². The van der Waals surface area contributed by atoms with Crippen LogP contribution in [0.5, 0.6) is 5.75 Å². The minimum Gasteiger partial charge on any atom is -0.496 e. The van der Waals surface area contributed by atoms with Crippen LogP contribution < -0.4 is 15.8 Å². The summed E-state index contributed by atoms with van der Waals surface area (Å²) in [4.78, 5) is 12.2. The van der Waals surface area contributed by atoms with Crippen LogP contribution in [-0.4, -0.2) is 22.8 Å². The highest BCUT2D eigenvalue weighted by molar-refractivity contribution is 5.96. The number of anilines is 1. The van der Waals surface area contributed by atoms with Gasteiger partial charge in [-0.25, -0.2) is 0 Å². The number of carbonyl (C=O) groups is 1. The molecule has 0 bridgehead atoms. The van der Waals surface area contributed by atoms with Crippen LogP contribution in [-0.2, 0) is 11.8 Å². The first-order chi connectivity index (χ1) is 9.93. The van der Waals surface area contributed by atoms with Gasteiger partial charge in [0.15, 0.2) is 0 Å². The monoisotopic (exact) mass is 288 g/mol. The maximum atomic E-state index is 12.2. The molecule has 0 fully saturated rings. The predicted molar refractivity (Wildman–Crippen MR) is 81.2 cm³/mol. The van der Waals surface area contributed by atoms with Crippen LogP contribution in [0.1, 0.15) is 22.7 Å². The molecule has 0 aliphatic carbocycles. The summed E-state index contributed by atoms with van der Waals surface area (Å²) >= 11 is 0. The molecular weight excluding hydrogens is 268 g/mol. The van der Waals surface area contributed by atoms with Gasteiger partial charge < -0.3 is 15.8 Å². The highest BCUT2D eigenvalue weighted by Gasteiger charge is 2.19. The number of methoxy groups -OCH3 is 1. The highest BCUT2D eigenvalue weighted by atomic mass is 16.5. The average Bonchev–Trinajstić information content (AvgIpc) is 2.88. The zero-order valence-electron chi connectivity index (χ0n) is 12.7. The topological polar surface area (TPSA) is 82.2 Å². The van der Waals surface area contributed by atoms with Crippen LogP contribution in [0.3, 0.4) is 0 Å². The molecule has 0 spiro atoms. The molecule has 0 aliphatic heterocycles. The Morgan fingerprint density at radius 3 is 2.71 bits per heavy atom. The van der Waals surface area contributed by atoms with Gasteiger partial charge in [0.1, 0.15) is 11.8 Å². The van der Waals surface area contributed by atoms with Gasteiger partial charge in [-0.3, -0.25) is 9.48 Å². The lowest BCUT2D eigenvalue weighted by molar-refractivity contribution is -0.117. The minimum absolute atomic E-state index is 0.281. The van der Waals surface area contributed by atoms with Crippen molar-refractivity contribution >= 4 is 11.6 Å². The molecule has 3 N–H and O–H groups in total. The first kappa shape index (κ1) is 15.1. The first-order valence-electron chi connectivity index (χ1n) is 6.63. The third kappa shape index (κ3) is 3.05. The van der Waals surface area contributed by atoms with Gasteiger partial charge in [0.05, 0.1) is 13.3 Å². The second kappa shape index (κ2) is 5.97. The Morgan fingerprint density at radius 2 is 2.14 bits per heavy atom. The van der Waals surface area contributed by atoms with Crippen molar-refractivity contribution in [1.82, 2.24) is 9.78 Å². The van der Waals surface area contributed by atoms with Crippen molar-refractivity contribution in [3.8, 4) is 5.75 Å². The fourth-order valence-electron chi connectivity index (χ4n) is 2.24. The second-order valence-corrected chi connectivity index (χ2v) is 5.00. The van der Waals surface area contributed by atoms with Crippen molar-refractivity contribution in [3.63, 3.8) is 0 Å². The first-order valence-corrected chi connectivity index (χ1v) is 6.63. The fourth-order valence-corrected chi connectivity index (χ4v) is 2.24. The van der Waals surface area contributed by atoms with Crippen LogP contribution in [0.2, 0.25) is 0 Å². The summed E-state index contributed by atoms with van der Waals surface area (Å²) in [5.41, 5.74) is 9.22. The van der Waals surface area contributed by atoms with Crippen molar-refractivity contribution < 1.29 is 9.53 Å². The summed E-state index contributed by atoms with van der Waals surface area (Å²) in [6.45, 7) is 3.86. The molecule has 21 heavy (non-hydrogen) atoms. The standard InChI is InChI=1S/C15H20N4O2/c1-9-5-6-12(10(2)14(9)21-4)18-15(20)13(16)11-7-17-19(3)8-11/h5-8,13H,16H2,1-4H3,(H,18,20). The number of nitrogens with zero attached hydrogens (tertiary/aromatic N) is 2. The Bertz CT molecular complexity index is 664. The summed E-state index contributed by atoms with van der Waals surface area (Å²) in [5.74, 6) is 0.486. The Morgan fingerprint density at radius 1 is 1.43 bits per heavy atom. The van der Waals surface area contributed by atoms with Crippen LogP contribution in [0.25, 0.3) is 0 Å². The molecule has 1 heterocycles. The lowest BCUT2D eigenvalue weighted by Crippen LogP contribution is -2.27. The largest absolute Gasteiger partial charge is 0.496 e. The average molecular weight is 288 g/mol. The summed E-state index contributed by atoms with van der Waals surface area (Å²) in [7, 11) is 3.39. The van der Waals surface area contributed by atoms with E-state index in [-0.39, 0.29) is 5.91 Å². The lowest BCUT2D eigenvalue weighted by Gasteiger charge is -2.16. The number of ether oxygens (including phenoxy) is 1. The smallest absolute Gasteiger partial charge is 0.246 e. The molecule has 1 atom stereocenters. The zero-order valence-corrected chi connectivity index (χ0v) is 12.7. The molecule has 6 heteroatoms. The number of carbonyl (C=O) groups excluding carboxylic acids is 1. The van der Waals surface area contributed by atoms with Gasteiger partial charge in [-0.15, -0.1) is 0 Å². The van der Waals surface area contributed by atoms with E-state index in [1.807, 2.05) is 26.0 Å². The minimum atomic E-state index is -0.759. The van der Waals surface area contributed by atoms with Gasteiger partial charge in [0, 0.05) is 30.1 Å². The third-order valence-corrected chi connectivity index (χ3v) is 3.43. The molecule has 1 amide bonds. The van der Waals surface area contributed by atoms with Gasteiger partial charge in [-0.05, 0) is 25.5 Å². The molecule has 0 radical (unpaired) electrons. The number of aryl methyl sites for hydroxylation is 2. The fraction of sp³-hybridized carbons (Fsp3) is 0.333. The molecule has 0 aliphatic rings. The summed E-state index contributed by atoms with van der Waals surface area (Å²) in [6, 6.07) is 2.99. The van der Waals surface area contributed by atoms with E-state index in [9.17, 15) is 4.79 Å². The summed E-state index contributed by atoms with van der Waals surface area (Å²) < 4.78 is 6.96. The molecule has 112 valence electrons. The van der Waals surface area contributed by atoms with Crippen molar-refractivity contribution in [2.45, 2.75) is 19.9 Å². The number of amides is 1. The predicted octanol–water partition coefficient (Wildman–Crippen LogP) is 1.68. The van der Waals surface area contributed by atoms with Crippen LogP contribution in [0, 0.1) is 13.8 Å². The molecule has 0 saturated heterocycles. The summed E-state index contributed by atoms with van der Waals surface area (Å²) in [6.07, 6.45) is 3.32. The Labute approximate surface area is 123 Å². The lowest BCUT2D eigenvalue weighted by atomic mass is 10.1. The zero-order chi connectivity index (χ0) is 15.6. The molecule has 1 aromatic carbocycles. The van der Waals surface area contributed by atoms with Gasteiger partial charge in [0.2, 0.25) is 5.91 Å². The maximum Gasteiger partial charge on any atom is 0.246 e. The second-order valence-electron chi connectivity index (χ2n) is 5.00. The summed E-state index contributed by atoms with van der Waals surface area (Å²) in [5, 5.41) is 6.86. The number of rotatable bonds is 4. The van der Waals surface area contributed by atoms with E-state index in [1.54, 1.807) is 31.2 Å². The quantitative estimate of drug-likeness (QED) is 0.897. The van der Waals surface area contributed by atoms with E-state index in [1.165, 1.54) is 0 Å². The SMILES string of the molecule is COc1c(C)ccc(NC(=O)C(N)c2cnn(C)c2)c1C. The van der Waals surface area contributed by atoms with E-state index in [2.05, 4.69) is 10.4 Å². The number of aromatic nitrogens is 2. The van der Waals surface area contributed by atoms with E-state index in [4.69, 9.17) is 10.5 Å². The molecule has 1 unspecified atom stereocenters. The van der Waals surface area contributed by atoms with Gasteiger partial charge >= 0.3 is 0 Å². The van der Waals surface area contributed by atoms with E-state index < -0.39 is 6.04 Å². The van der Waals surface area contributed by atoms with Crippen LogP contribution in [0.4, 0.5) is 5.69 Å². The molecule has 6 nitrogen and oxygen atoms in total. The Kier molecular flexibility index (Phi) is 4.28. The number of nitrogens with two attached hydrogens (primary N) is 1. The number of hydrogen-bond acceptors (Lipinski definition) is 4. The van der Waals surface area contributed by atoms with Crippen molar-refractivity contribution in [2.24, 2.45) is 12.8 Å². The van der Waals surface area contributed by atoms with Gasteiger partial charge in [0.25, 0.3) is 0 Å². The van der Waals surface area contributed by atoms with Crippen molar-refractivity contribution in [2.75, 3.05) is 12.4 Å². The Balaban J connectivity index is 2.20. The molecular formula is C15H20N4O2. The molecule has 1 aromatic heterocycles. The van der Waals surface area contributed by atoms with E-state index in [0.717, 1.165) is 16.9 Å². The van der Waals surface area contributed by atoms with Gasteiger partial charge in [-0.1, -0.05) is 6.07 Å². The third-order valence-electron chi connectivity index (χ3n) is 3.43. The number of benzene rings is 1. The van der Waals surface area contributed by atoms with Crippen LogP contribution in [0.15, 0.2) is 24.5 Å². The maximum absolute atomic E-state index is 12.2. The van der Waals surface area contributed by atoms with Gasteiger partial charge in [-0.2, -0.15) is 5.10 Å². The number of hydrogen-bond donors (Lipinski definition) is 2. The van der Waals surface area contributed by atoms with E-state index in [0.29, 0.717) is 11.3 Å². The normalized spacial score (nSPS) is 12.0. The Hall–Kier alpha value is -2.34. The molecule has 2 rings (SSSR count). The highest BCUT2D eigenvalue weighted by Crippen LogP contribution is 2.29.